The normalized spacial score (nSPS) is 18.6. The minimum atomic E-state index is -4.44. The molecule has 120 valence electrons. The largest absolute Gasteiger partial charge is 0.451 e. The van der Waals surface area contributed by atoms with Crippen molar-refractivity contribution in [2.24, 2.45) is 11.1 Å². The molecule has 0 fully saturated rings. The number of rotatable bonds is 3. The van der Waals surface area contributed by atoms with Gasteiger partial charge in [0.2, 0.25) is 5.82 Å². The van der Waals surface area contributed by atoms with Crippen molar-refractivity contribution < 1.29 is 13.2 Å². The summed E-state index contributed by atoms with van der Waals surface area (Å²) < 4.78 is 39.4. The van der Waals surface area contributed by atoms with Crippen molar-refractivity contribution in [3.05, 3.63) is 11.6 Å². The Bertz CT molecular complexity index is 489. The molecule has 0 aromatic carbocycles. The molecule has 0 spiro atoms. The number of nitrogens with two attached hydrogens (primary N) is 1. The van der Waals surface area contributed by atoms with Gasteiger partial charge in [0.15, 0.2) is 0 Å². The van der Waals surface area contributed by atoms with Crippen LogP contribution in [0.4, 0.5) is 13.2 Å². The van der Waals surface area contributed by atoms with E-state index >= 15 is 0 Å². The Hall–Kier alpha value is -1.15. The van der Waals surface area contributed by atoms with Gasteiger partial charge in [-0.25, -0.2) is 0 Å². The lowest BCUT2D eigenvalue weighted by Gasteiger charge is -2.32. The first-order valence-electron chi connectivity index (χ1n) is 7.06. The van der Waals surface area contributed by atoms with Gasteiger partial charge in [-0.3, -0.25) is 4.90 Å². The quantitative estimate of drug-likeness (QED) is 0.926. The lowest BCUT2D eigenvalue weighted by Crippen LogP contribution is -2.41. The second kappa shape index (κ2) is 5.57. The fourth-order valence-corrected chi connectivity index (χ4v) is 2.36. The molecule has 5 nitrogen and oxygen atoms in total. The van der Waals surface area contributed by atoms with Crippen LogP contribution >= 0.6 is 0 Å². The number of nitrogens with zero attached hydrogens (tertiary/aromatic N) is 4. The molecular formula is C13H22F3N5. The summed E-state index contributed by atoms with van der Waals surface area (Å²) in [6.45, 7) is 8.22. The van der Waals surface area contributed by atoms with E-state index in [1.54, 1.807) is 0 Å². The molecular weight excluding hydrogens is 283 g/mol. The first-order chi connectivity index (χ1) is 9.59. The second-order valence-corrected chi connectivity index (χ2v) is 6.63. The Morgan fingerprint density at radius 3 is 2.43 bits per heavy atom. The minimum Gasteiger partial charge on any atom is -0.327 e. The Balaban J connectivity index is 1.97. The van der Waals surface area contributed by atoms with E-state index < -0.39 is 12.0 Å². The van der Waals surface area contributed by atoms with Crippen LogP contribution in [0.5, 0.6) is 0 Å². The number of hydrogen-bond donors (Lipinski definition) is 1. The number of alkyl halides is 3. The molecule has 0 amide bonds. The predicted molar refractivity (Wildman–Crippen MR) is 72.3 cm³/mol. The van der Waals surface area contributed by atoms with Crippen LogP contribution < -0.4 is 5.73 Å². The number of aromatic nitrogens is 3. The van der Waals surface area contributed by atoms with E-state index in [4.69, 9.17) is 5.73 Å². The summed E-state index contributed by atoms with van der Waals surface area (Å²) in [5, 5.41) is 6.94. The second-order valence-electron chi connectivity index (χ2n) is 6.63. The van der Waals surface area contributed by atoms with Crippen molar-refractivity contribution in [3.63, 3.8) is 0 Å². The van der Waals surface area contributed by atoms with E-state index in [2.05, 4.69) is 35.9 Å². The van der Waals surface area contributed by atoms with Crippen molar-refractivity contribution in [1.29, 1.82) is 0 Å². The zero-order valence-electron chi connectivity index (χ0n) is 12.6. The third-order valence-corrected chi connectivity index (χ3v) is 3.95. The Labute approximate surface area is 122 Å². The lowest BCUT2D eigenvalue weighted by molar-refractivity contribution is -0.148. The van der Waals surface area contributed by atoms with Crippen LogP contribution in [0.25, 0.3) is 0 Å². The molecule has 1 unspecified atom stereocenters. The van der Waals surface area contributed by atoms with Gasteiger partial charge in [-0.05, 0) is 11.8 Å². The van der Waals surface area contributed by atoms with E-state index in [1.807, 2.05) is 0 Å². The van der Waals surface area contributed by atoms with E-state index in [0.29, 0.717) is 18.9 Å². The summed E-state index contributed by atoms with van der Waals surface area (Å²) in [7, 11) is 0. The fourth-order valence-electron chi connectivity index (χ4n) is 2.36. The highest BCUT2D eigenvalue weighted by atomic mass is 19.4. The third kappa shape index (κ3) is 3.74. The van der Waals surface area contributed by atoms with Crippen LogP contribution in [0.1, 0.15) is 38.8 Å². The van der Waals surface area contributed by atoms with Gasteiger partial charge in [-0.2, -0.15) is 13.2 Å². The monoisotopic (exact) mass is 305 g/mol. The fraction of sp³-hybridized carbons (Fsp3) is 0.846. The first kappa shape index (κ1) is 16.2. The standard InChI is InChI=1S/C13H22F3N5/c1-12(2,3)9(17)4-5-20-6-7-21-10(8-20)18-19-11(21)13(14,15)16/h9H,4-8,17H2,1-3H3. The molecule has 0 bridgehead atoms. The molecule has 0 saturated carbocycles. The summed E-state index contributed by atoms with van der Waals surface area (Å²) in [5.41, 5.74) is 6.14. The highest BCUT2D eigenvalue weighted by Crippen LogP contribution is 2.29. The molecule has 1 aromatic rings. The van der Waals surface area contributed by atoms with Gasteiger partial charge in [-0.1, -0.05) is 20.8 Å². The lowest BCUT2D eigenvalue weighted by atomic mass is 9.85. The molecule has 1 atom stereocenters. The number of halogens is 3. The zero-order chi connectivity index (χ0) is 15.8. The van der Waals surface area contributed by atoms with E-state index in [9.17, 15) is 13.2 Å². The SMILES string of the molecule is CC(C)(C)C(N)CCN1CCn2c(nnc2C(F)(F)F)C1. The Morgan fingerprint density at radius 1 is 1.19 bits per heavy atom. The smallest absolute Gasteiger partial charge is 0.327 e. The molecule has 0 radical (unpaired) electrons. The molecule has 8 heteroatoms. The van der Waals surface area contributed by atoms with Crippen molar-refractivity contribution in [2.45, 2.75) is 52.5 Å². The summed E-state index contributed by atoms with van der Waals surface area (Å²) in [4.78, 5) is 2.08. The average Bonchev–Trinajstić information content (AvgIpc) is 2.77. The maximum atomic E-state index is 12.7. The van der Waals surface area contributed by atoms with E-state index in [0.717, 1.165) is 13.0 Å². The molecule has 1 aliphatic heterocycles. The summed E-state index contributed by atoms with van der Waals surface area (Å²) in [6, 6.07) is 0.0584. The molecule has 0 saturated heterocycles. The Morgan fingerprint density at radius 2 is 1.86 bits per heavy atom. The number of fused-ring (bicyclic) bond motifs is 1. The van der Waals surface area contributed by atoms with Gasteiger partial charge < -0.3 is 10.3 Å². The first-order valence-corrected chi connectivity index (χ1v) is 7.06. The van der Waals surface area contributed by atoms with Gasteiger partial charge in [0.05, 0.1) is 6.54 Å². The number of hydrogen-bond acceptors (Lipinski definition) is 4. The molecule has 1 aliphatic rings. The Kier molecular flexibility index (Phi) is 4.30. The molecule has 21 heavy (non-hydrogen) atoms. The van der Waals surface area contributed by atoms with Crippen LogP contribution in [-0.4, -0.2) is 38.8 Å². The van der Waals surface area contributed by atoms with Crippen LogP contribution in [0.2, 0.25) is 0 Å². The molecule has 2 N–H and O–H groups in total. The van der Waals surface area contributed by atoms with Gasteiger partial charge in [0, 0.05) is 25.7 Å². The van der Waals surface area contributed by atoms with Crippen molar-refractivity contribution in [1.82, 2.24) is 19.7 Å². The van der Waals surface area contributed by atoms with Crippen LogP contribution in [0.15, 0.2) is 0 Å². The maximum absolute atomic E-state index is 12.7. The van der Waals surface area contributed by atoms with Crippen LogP contribution in [0, 0.1) is 5.41 Å². The zero-order valence-corrected chi connectivity index (χ0v) is 12.6. The topological polar surface area (TPSA) is 60.0 Å². The predicted octanol–water partition coefficient (Wildman–Crippen LogP) is 1.88. The van der Waals surface area contributed by atoms with Crippen LogP contribution in [0.3, 0.4) is 0 Å². The van der Waals surface area contributed by atoms with Crippen molar-refractivity contribution >= 4 is 0 Å². The van der Waals surface area contributed by atoms with E-state index in [1.165, 1.54) is 4.57 Å². The van der Waals surface area contributed by atoms with Gasteiger partial charge in [0.25, 0.3) is 0 Å². The summed E-state index contributed by atoms with van der Waals surface area (Å²) in [5.74, 6) is -0.526. The summed E-state index contributed by atoms with van der Waals surface area (Å²) in [6.07, 6.45) is -3.63. The molecule has 1 aromatic heterocycles. The summed E-state index contributed by atoms with van der Waals surface area (Å²) >= 11 is 0. The van der Waals surface area contributed by atoms with Gasteiger partial charge in [-0.15, -0.1) is 10.2 Å². The molecule has 2 heterocycles. The van der Waals surface area contributed by atoms with E-state index in [-0.39, 0.29) is 18.0 Å². The van der Waals surface area contributed by atoms with Crippen LogP contribution in [-0.2, 0) is 19.3 Å². The van der Waals surface area contributed by atoms with Gasteiger partial charge >= 0.3 is 6.18 Å². The molecule has 2 rings (SSSR count). The highest BCUT2D eigenvalue weighted by molar-refractivity contribution is 5.02. The van der Waals surface area contributed by atoms with Crippen molar-refractivity contribution in [2.75, 3.05) is 13.1 Å². The average molecular weight is 305 g/mol. The van der Waals surface area contributed by atoms with Gasteiger partial charge in [0.1, 0.15) is 5.82 Å². The highest BCUT2D eigenvalue weighted by Gasteiger charge is 2.39. The molecule has 0 aliphatic carbocycles. The third-order valence-electron chi connectivity index (χ3n) is 3.95. The maximum Gasteiger partial charge on any atom is 0.451 e. The minimum absolute atomic E-state index is 0.0270. The van der Waals surface area contributed by atoms with Crippen molar-refractivity contribution in [3.8, 4) is 0 Å².